The summed E-state index contributed by atoms with van der Waals surface area (Å²) in [4.78, 5) is 24.5. The highest BCUT2D eigenvalue weighted by Gasteiger charge is 2.23. The van der Waals surface area contributed by atoms with E-state index >= 15 is 0 Å². The highest BCUT2D eigenvalue weighted by Crippen LogP contribution is 2.31. The molecule has 1 aromatic heterocycles. The molecule has 2 aromatic carbocycles. The molecule has 0 unspecified atom stereocenters. The predicted octanol–water partition coefficient (Wildman–Crippen LogP) is 3.86. The van der Waals surface area contributed by atoms with Crippen molar-refractivity contribution in [2.24, 2.45) is 0 Å². The third kappa shape index (κ3) is 2.94. The van der Waals surface area contributed by atoms with Crippen molar-refractivity contribution in [1.29, 1.82) is 0 Å². The maximum Gasteiger partial charge on any atom is 0.376 e. The van der Waals surface area contributed by atoms with Gasteiger partial charge in [0.25, 0.3) is 5.91 Å². The van der Waals surface area contributed by atoms with Crippen molar-refractivity contribution in [3.63, 3.8) is 0 Å². The first-order chi connectivity index (χ1) is 11.2. The van der Waals surface area contributed by atoms with Gasteiger partial charge in [-0.05, 0) is 31.2 Å². The Hall–Kier alpha value is -3.08. The molecule has 0 spiro atoms. The van der Waals surface area contributed by atoms with E-state index < -0.39 is 5.97 Å². The van der Waals surface area contributed by atoms with Crippen molar-refractivity contribution in [3.8, 4) is 0 Å². The smallest absolute Gasteiger partial charge is 0.376 e. The molecule has 23 heavy (non-hydrogen) atoms. The normalized spacial score (nSPS) is 10.5. The van der Waals surface area contributed by atoms with Crippen molar-refractivity contribution in [1.82, 2.24) is 0 Å². The van der Waals surface area contributed by atoms with E-state index in [0.717, 1.165) is 0 Å². The Bertz CT molecular complexity index is 852. The van der Waals surface area contributed by atoms with Gasteiger partial charge in [0.1, 0.15) is 11.3 Å². The van der Waals surface area contributed by atoms with Gasteiger partial charge in [0.15, 0.2) is 0 Å². The van der Waals surface area contributed by atoms with Crippen LogP contribution in [0, 0.1) is 0 Å². The highest BCUT2D eigenvalue weighted by molar-refractivity contribution is 6.13. The number of nitrogens with one attached hydrogen (secondary N) is 1. The molecular weight excluding hydrogens is 294 g/mol. The molecule has 116 valence electrons. The number of para-hydroxylation sites is 1. The van der Waals surface area contributed by atoms with Gasteiger partial charge in [0, 0.05) is 10.9 Å². The number of hydrogen-bond acceptors (Lipinski definition) is 4. The van der Waals surface area contributed by atoms with Crippen LogP contribution in [-0.4, -0.2) is 18.5 Å². The second-order valence-electron chi connectivity index (χ2n) is 4.84. The Morgan fingerprint density at radius 1 is 1.04 bits per heavy atom. The Kier molecular flexibility index (Phi) is 4.10. The van der Waals surface area contributed by atoms with E-state index in [0.29, 0.717) is 22.2 Å². The van der Waals surface area contributed by atoms with E-state index in [4.69, 9.17) is 9.15 Å². The molecule has 1 N–H and O–H groups in total. The summed E-state index contributed by atoms with van der Waals surface area (Å²) in [5.74, 6) is -0.924. The summed E-state index contributed by atoms with van der Waals surface area (Å²) < 4.78 is 10.6. The number of hydrogen-bond donors (Lipinski definition) is 1. The first-order valence-corrected chi connectivity index (χ1v) is 7.25. The lowest BCUT2D eigenvalue weighted by molar-refractivity contribution is 0.0494. The summed E-state index contributed by atoms with van der Waals surface area (Å²) in [6.45, 7) is 1.94. The minimum absolute atomic E-state index is 0.00247. The predicted molar refractivity (Wildman–Crippen MR) is 86.6 cm³/mol. The molecule has 0 saturated heterocycles. The lowest BCUT2D eigenvalue weighted by Crippen LogP contribution is -2.14. The number of esters is 1. The summed E-state index contributed by atoms with van der Waals surface area (Å²) in [5.41, 5.74) is 1.33. The molecule has 1 heterocycles. The molecule has 0 saturated carbocycles. The van der Waals surface area contributed by atoms with E-state index in [2.05, 4.69) is 5.32 Å². The van der Waals surface area contributed by atoms with E-state index in [9.17, 15) is 9.59 Å². The van der Waals surface area contributed by atoms with Crippen LogP contribution in [-0.2, 0) is 4.74 Å². The second-order valence-corrected chi connectivity index (χ2v) is 4.84. The number of ether oxygens (including phenoxy) is 1. The van der Waals surface area contributed by atoms with Crippen molar-refractivity contribution < 1.29 is 18.7 Å². The van der Waals surface area contributed by atoms with Gasteiger partial charge in [-0.1, -0.05) is 30.3 Å². The van der Waals surface area contributed by atoms with Crippen LogP contribution >= 0.6 is 0 Å². The molecule has 0 aliphatic rings. The molecule has 5 nitrogen and oxygen atoms in total. The summed E-state index contributed by atoms with van der Waals surface area (Å²) in [6.07, 6.45) is 0. The van der Waals surface area contributed by atoms with Gasteiger partial charge < -0.3 is 14.5 Å². The quantitative estimate of drug-likeness (QED) is 0.743. The SMILES string of the molecule is CCOC(=O)c1oc2ccccc2c1NC(=O)c1ccccc1. The number of benzene rings is 2. The summed E-state index contributed by atoms with van der Waals surface area (Å²) in [7, 11) is 0. The molecule has 0 bridgehead atoms. The van der Waals surface area contributed by atoms with E-state index in [1.807, 2.05) is 12.1 Å². The Balaban J connectivity index is 2.02. The minimum atomic E-state index is -0.605. The van der Waals surface area contributed by atoms with Crippen molar-refractivity contribution in [2.75, 3.05) is 11.9 Å². The first kappa shape index (κ1) is 14.8. The van der Waals surface area contributed by atoms with E-state index in [-0.39, 0.29) is 18.3 Å². The van der Waals surface area contributed by atoms with Gasteiger partial charge in [-0.25, -0.2) is 4.79 Å². The van der Waals surface area contributed by atoms with Crippen LogP contribution in [0.15, 0.2) is 59.0 Å². The fourth-order valence-corrected chi connectivity index (χ4v) is 2.29. The van der Waals surface area contributed by atoms with Gasteiger partial charge in [0.05, 0.1) is 6.61 Å². The Labute approximate surface area is 132 Å². The van der Waals surface area contributed by atoms with Gasteiger partial charge in [-0.3, -0.25) is 4.79 Å². The summed E-state index contributed by atoms with van der Waals surface area (Å²) in [6, 6.07) is 15.9. The van der Waals surface area contributed by atoms with Gasteiger partial charge in [-0.15, -0.1) is 0 Å². The third-order valence-electron chi connectivity index (χ3n) is 3.33. The molecule has 3 aromatic rings. The minimum Gasteiger partial charge on any atom is -0.460 e. The fourth-order valence-electron chi connectivity index (χ4n) is 2.29. The van der Waals surface area contributed by atoms with Crippen LogP contribution in [0.25, 0.3) is 11.0 Å². The Morgan fingerprint density at radius 3 is 2.48 bits per heavy atom. The molecule has 0 atom stereocenters. The number of rotatable bonds is 4. The molecular formula is C18H15NO4. The van der Waals surface area contributed by atoms with Crippen LogP contribution in [0.1, 0.15) is 27.8 Å². The average molecular weight is 309 g/mol. The van der Waals surface area contributed by atoms with Crippen LogP contribution in [0.5, 0.6) is 0 Å². The maximum absolute atomic E-state index is 12.4. The largest absolute Gasteiger partial charge is 0.460 e. The second kappa shape index (κ2) is 6.36. The van der Waals surface area contributed by atoms with Crippen molar-refractivity contribution in [3.05, 3.63) is 65.9 Å². The summed E-state index contributed by atoms with van der Waals surface area (Å²) in [5, 5.41) is 3.41. The number of anilines is 1. The number of fused-ring (bicyclic) bond motifs is 1. The average Bonchev–Trinajstić information content (AvgIpc) is 2.95. The molecule has 0 fully saturated rings. The molecule has 0 aliphatic heterocycles. The topological polar surface area (TPSA) is 68.5 Å². The standard InChI is InChI=1S/C18H15NO4/c1-2-22-18(21)16-15(13-10-6-7-11-14(13)23-16)19-17(20)12-8-4-3-5-9-12/h3-11H,2H2,1H3,(H,19,20). The zero-order valence-electron chi connectivity index (χ0n) is 12.5. The fraction of sp³-hybridized carbons (Fsp3) is 0.111. The van der Waals surface area contributed by atoms with Crippen LogP contribution in [0.4, 0.5) is 5.69 Å². The van der Waals surface area contributed by atoms with Crippen LogP contribution < -0.4 is 5.32 Å². The van der Waals surface area contributed by atoms with Crippen molar-refractivity contribution in [2.45, 2.75) is 6.92 Å². The third-order valence-corrected chi connectivity index (χ3v) is 3.33. The van der Waals surface area contributed by atoms with E-state index in [1.54, 1.807) is 49.4 Å². The Morgan fingerprint density at radius 2 is 1.74 bits per heavy atom. The van der Waals surface area contributed by atoms with E-state index in [1.165, 1.54) is 0 Å². The molecule has 0 radical (unpaired) electrons. The number of carbonyl (C=O) groups excluding carboxylic acids is 2. The van der Waals surface area contributed by atoms with Gasteiger partial charge >= 0.3 is 5.97 Å². The zero-order valence-corrected chi connectivity index (χ0v) is 12.5. The number of carbonyl (C=O) groups is 2. The van der Waals surface area contributed by atoms with Crippen molar-refractivity contribution >= 4 is 28.5 Å². The first-order valence-electron chi connectivity index (χ1n) is 7.25. The molecule has 0 aliphatic carbocycles. The van der Waals surface area contributed by atoms with Gasteiger partial charge in [0.2, 0.25) is 5.76 Å². The van der Waals surface area contributed by atoms with Crippen LogP contribution in [0.3, 0.4) is 0 Å². The van der Waals surface area contributed by atoms with Crippen LogP contribution in [0.2, 0.25) is 0 Å². The number of furan rings is 1. The van der Waals surface area contributed by atoms with Gasteiger partial charge in [-0.2, -0.15) is 0 Å². The molecule has 3 rings (SSSR count). The highest BCUT2D eigenvalue weighted by atomic mass is 16.5. The molecule has 5 heteroatoms. The summed E-state index contributed by atoms with van der Waals surface area (Å²) >= 11 is 0. The molecule has 1 amide bonds. The zero-order chi connectivity index (χ0) is 16.2. The monoisotopic (exact) mass is 309 g/mol. The lowest BCUT2D eigenvalue weighted by atomic mass is 10.2. The number of amides is 1. The lowest BCUT2D eigenvalue weighted by Gasteiger charge is -2.06. The maximum atomic E-state index is 12.4.